The van der Waals surface area contributed by atoms with Gasteiger partial charge in [-0.1, -0.05) is 12.1 Å². The van der Waals surface area contributed by atoms with Crippen LogP contribution in [0.4, 0.5) is 11.8 Å². The van der Waals surface area contributed by atoms with Crippen LogP contribution in [-0.4, -0.2) is 73.4 Å². The van der Waals surface area contributed by atoms with E-state index in [1.807, 2.05) is 18.2 Å². The van der Waals surface area contributed by atoms with Crippen molar-refractivity contribution in [2.24, 2.45) is 5.10 Å². The van der Waals surface area contributed by atoms with Gasteiger partial charge >= 0.3 is 0 Å². The molecule has 0 saturated carbocycles. The third-order valence-corrected chi connectivity index (χ3v) is 5.47. The average molecular weight is 468 g/mol. The van der Waals surface area contributed by atoms with E-state index in [2.05, 4.69) is 32.2 Å². The van der Waals surface area contributed by atoms with Gasteiger partial charge in [0.2, 0.25) is 5.95 Å². The fourth-order valence-electron chi connectivity index (χ4n) is 3.90. The zero-order valence-corrected chi connectivity index (χ0v) is 18.3. The van der Waals surface area contributed by atoms with Crippen LogP contribution in [0.25, 0.3) is 11.2 Å². The second-order valence-corrected chi connectivity index (χ2v) is 7.60. The van der Waals surface area contributed by atoms with E-state index in [1.165, 1.54) is 17.8 Å². The summed E-state index contributed by atoms with van der Waals surface area (Å²) in [5.74, 6) is 0.591. The number of rotatable bonds is 5. The molecular formula is C21H24N8O5. The molecule has 1 saturated heterocycles. The Morgan fingerprint density at radius 3 is 2.88 bits per heavy atom. The van der Waals surface area contributed by atoms with Gasteiger partial charge in [-0.2, -0.15) is 15.1 Å². The summed E-state index contributed by atoms with van der Waals surface area (Å²) < 4.78 is 12.6. The van der Waals surface area contributed by atoms with Crippen LogP contribution in [0.2, 0.25) is 0 Å². The number of nitrogens with one attached hydrogen (secondary N) is 2. The summed E-state index contributed by atoms with van der Waals surface area (Å²) in [6.07, 6.45) is -1.13. The molecule has 13 heteroatoms. The number of hydrogen-bond donors (Lipinski definition) is 5. The van der Waals surface area contributed by atoms with E-state index in [1.54, 1.807) is 6.21 Å². The van der Waals surface area contributed by atoms with Gasteiger partial charge in [0.15, 0.2) is 23.5 Å². The summed E-state index contributed by atoms with van der Waals surface area (Å²) in [5.41, 5.74) is 11.2. The smallest absolute Gasteiger partial charge is 0.247 e. The van der Waals surface area contributed by atoms with Crippen molar-refractivity contribution in [1.82, 2.24) is 19.5 Å². The molecule has 2 aromatic heterocycles. The Hall–Kier alpha value is -3.94. The van der Waals surface area contributed by atoms with E-state index in [9.17, 15) is 15.0 Å². The number of imidazole rings is 1. The van der Waals surface area contributed by atoms with Crippen LogP contribution < -0.4 is 15.9 Å². The number of para-hydroxylation sites is 1. The topological polar surface area (TPSA) is 194 Å². The molecule has 4 atom stereocenters. The van der Waals surface area contributed by atoms with Gasteiger partial charge in [-0.05, 0) is 25.3 Å². The first kappa shape index (κ1) is 23.2. The number of benzene rings is 1. The number of ketones is 1. The van der Waals surface area contributed by atoms with Gasteiger partial charge in [-0.15, -0.1) is 0 Å². The maximum absolute atomic E-state index is 11.7. The zero-order valence-electron chi connectivity index (χ0n) is 18.3. The van der Waals surface area contributed by atoms with E-state index in [0.29, 0.717) is 6.61 Å². The van der Waals surface area contributed by atoms with E-state index in [4.69, 9.17) is 20.6 Å². The van der Waals surface area contributed by atoms with Crippen molar-refractivity contribution >= 4 is 41.6 Å². The highest BCUT2D eigenvalue weighted by Gasteiger charge is 2.46. The molecule has 6 N–H and O–H groups in total. The van der Waals surface area contributed by atoms with Crippen molar-refractivity contribution in [3.8, 4) is 5.75 Å². The maximum atomic E-state index is 11.7. The quantitative estimate of drug-likeness (QED) is 0.256. The number of aliphatic hydroxyl groups is 2. The summed E-state index contributed by atoms with van der Waals surface area (Å²) in [6, 6.07) is 5.83. The number of carbonyl (C=O) groups is 1. The lowest BCUT2D eigenvalue weighted by atomic mass is 10.1. The van der Waals surface area contributed by atoms with Gasteiger partial charge in [0, 0.05) is 12.0 Å². The Balaban J connectivity index is 0.00000133. The summed E-state index contributed by atoms with van der Waals surface area (Å²) in [5, 5.41) is 30.2. The third-order valence-electron chi connectivity index (χ3n) is 5.47. The lowest BCUT2D eigenvalue weighted by Crippen LogP contribution is -2.34. The number of nitrogen functional groups attached to an aromatic ring is 1. The number of hydrogen-bond acceptors (Lipinski definition) is 12. The van der Waals surface area contributed by atoms with Crippen LogP contribution in [0.15, 0.2) is 29.6 Å². The summed E-state index contributed by atoms with van der Waals surface area (Å²) in [4.78, 5) is 24.4. The second-order valence-electron chi connectivity index (χ2n) is 7.60. The molecule has 13 nitrogen and oxygen atoms in total. The number of nitrogens with zero attached hydrogens (tertiary/aromatic N) is 5. The van der Waals surface area contributed by atoms with Crippen LogP contribution in [0.3, 0.4) is 0 Å². The third kappa shape index (κ3) is 4.07. The molecule has 1 aromatic carbocycles. The summed E-state index contributed by atoms with van der Waals surface area (Å²) in [6.45, 7) is 4.42. The van der Waals surface area contributed by atoms with Crippen LogP contribution >= 0.6 is 0 Å². The first-order valence-corrected chi connectivity index (χ1v) is 10.3. The Bertz CT molecular complexity index is 1250. The van der Waals surface area contributed by atoms with Gasteiger partial charge in [0.1, 0.15) is 29.6 Å². The maximum Gasteiger partial charge on any atom is 0.247 e. The van der Waals surface area contributed by atoms with Crippen molar-refractivity contribution in [3.05, 3.63) is 35.7 Å². The number of anilines is 2. The molecule has 5 rings (SSSR count). The molecule has 3 aromatic rings. The molecule has 2 aliphatic heterocycles. The lowest BCUT2D eigenvalue weighted by molar-refractivity contribution is -0.133. The second kappa shape index (κ2) is 9.51. The van der Waals surface area contributed by atoms with Crippen LogP contribution in [0.1, 0.15) is 24.3 Å². The van der Waals surface area contributed by atoms with Gasteiger partial charge in [0.05, 0.1) is 19.1 Å². The van der Waals surface area contributed by atoms with Crippen molar-refractivity contribution in [2.75, 3.05) is 17.8 Å². The molecule has 0 radical (unpaired) electrons. The largest absolute Gasteiger partial charge is 0.492 e. The highest BCUT2D eigenvalue weighted by atomic mass is 16.6. The number of hydrazone groups is 1. The van der Waals surface area contributed by atoms with Gasteiger partial charge in [-0.25, -0.2) is 10.4 Å². The van der Waals surface area contributed by atoms with Gasteiger partial charge in [-0.3, -0.25) is 9.36 Å². The number of aliphatic hydroxyl groups excluding tert-OH is 2. The first-order chi connectivity index (χ1) is 16.4. The van der Waals surface area contributed by atoms with Crippen LogP contribution in [-0.2, 0) is 16.0 Å². The first-order valence-electron chi connectivity index (χ1n) is 10.3. The number of ether oxygens (including phenoxy) is 2. The average Bonchev–Trinajstić information content (AvgIpc) is 3.54. The van der Waals surface area contributed by atoms with Crippen molar-refractivity contribution in [2.45, 2.75) is 37.9 Å². The van der Waals surface area contributed by atoms with E-state index in [0.717, 1.165) is 23.3 Å². The summed E-state index contributed by atoms with van der Waals surface area (Å²) in [7, 11) is 0. The molecule has 178 valence electrons. The normalized spacial score (nSPS) is 23.4. The fourth-order valence-corrected chi connectivity index (χ4v) is 3.90. The number of Topliss-reactive ketones (excluding diaryl/α,β-unsaturated/α-hetero) is 1. The molecular weight excluding hydrogens is 444 g/mol. The van der Waals surface area contributed by atoms with E-state index in [-0.39, 0.29) is 22.9 Å². The van der Waals surface area contributed by atoms with Crippen molar-refractivity contribution in [1.29, 1.82) is 5.41 Å². The predicted molar refractivity (Wildman–Crippen MR) is 123 cm³/mol. The highest BCUT2D eigenvalue weighted by Crippen LogP contribution is 2.33. The van der Waals surface area contributed by atoms with Crippen LogP contribution in [0, 0.1) is 5.41 Å². The molecule has 34 heavy (non-hydrogen) atoms. The van der Waals surface area contributed by atoms with Crippen LogP contribution in [0.5, 0.6) is 5.75 Å². The minimum absolute atomic E-state index is 0.0894. The Morgan fingerprint density at radius 1 is 1.35 bits per heavy atom. The standard InChI is InChI=1S/C20H21N7O5.CH3N/c1-9(28)15-13(29)14(30)19(32-15)27-8-22-12-17(21)24-20(25-18(12)27)26-23-7-11-4-2-3-10-5-6-31-16(10)11;1-2/h2-4,7-8,13-15,19,29-30H,5-6H2,1H3,(H3,21,24,25,26);2H,1H2/b23-7-;/t13-,14+,15+,19+;/m0./s1. The number of carbonyl (C=O) groups excluding carboxylic acids is 1. The van der Waals surface area contributed by atoms with Crippen molar-refractivity contribution < 1.29 is 24.5 Å². The summed E-state index contributed by atoms with van der Waals surface area (Å²) >= 11 is 0. The number of nitrogens with two attached hydrogens (primary N) is 1. The highest BCUT2D eigenvalue weighted by molar-refractivity contribution is 5.86. The van der Waals surface area contributed by atoms with Crippen molar-refractivity contribution in [3.63, 3.8) is 0 Å². The Morgan fingerprint density at radius 2 is 2.15 bits per heavy atom. The monoisotopic (exact) mass is 468 g/mol. The molecule has 4 heterocycles. The molecule has 0 unspecified atom stereocenters. The predicted octanol–water partition coefficient (Wildman–Crippen LogP) is 0.263. The molecule has 1 fully saturated rings. The Labute approximate surface area is 193 Å². The Kier molecular flexibility index (Phi) is 6.49. The zero-order chi connectivity index (χ0) is 24.4. The minimum Gasteiger partial charge on any atom is -0.492 e. The SMILES string of the molecule is C=N.CC(=O)[C@H]1O[C@@H](n2cnc3c(N)nc(N/N=C\c4cccc5c4OCC5)nc32)[C@H](O)[C@@H]1O. The molecule has 0 aliphatic carbocycles. The molecule has 0 bridgehead atoms. The fraction of sp³-hybridized carbons (Fsp3) is 0.333. The number of fused-ring (bicyclic) bond motifs is 2. The number of aromatic nitrogens is 4. The molecule has 0 amide bonds. The van der Waals surface area contributed by atoms with Gasteiger partial charge < -0.3 is 30.8 Å². The lowest BCUT2D eigenvalue weighted by Gasteiger charge is -2.16. The van der Waals surface area contributed by atoms with E-state index >= 15 is 0 Å². The van der Waals surface area contributed by atoms with E-state index < -0.39 is 30.3 Å². The minimum atomic E-state index is -1.37. The van der Waals surface area contributed by atoms with Gasteiger partial charge in [0.25, 0.3) is 0 Å². The molecule has 0 spiro atoms. The molecule has 2 aliphatic rings.